The third-order valence-electron chi connectivity index (χ3n) is 7.82. The minimum absolute atomic E-state index is 0.248. The van der Waals surface area contributed by atoms with E-state index < -0.39 is 10.0 Å². The van der Waals surface area contributed by atoms with Crippen LogP contribution in [0.1, 0.15) is 56.4 Å². The average molecular weight is 490 g/mol. The molecular formula is C27H31N5O2S. The third-order valence-corrected chi connectivity index (χ3v) is 9.48. The first-order valence-corrected chi connectivity index (χ1v) is 14.1. The number of piperidine rings is 1. The Labute approximate surface area is 206 Å². The van der Waals surface area contributed by atoms with Gasteiger partial charge in [-0.15, -0.1) is 0 Å². The second kappa shape index (κ2) is 9.24. The van der Waals surface area contributed by atoms with Gasteiger partial charge in [0.1, 0.15) is 0 Å². The van der Waals surface area contributed by atoms with Crippen molar-refractivity contribution in [3.63, 3.8) is 0 Å². The van der Waals surface area contributed by atoms with Crippen LogP contribution >= 0.6 is 0 Å². The molecule has 1 aliphatic carbocycles. The number of fused-ring (bicyclic) bond motifs is 1. The Morgan fingerprint density at radius 1 is 0.943 bits per heavy atom. The molecule has 6 rings (SSSR count). The summed E-state index contributed by atoms with van der Waals surface area (Å²) in [6.07, 6.45) is 15.9. The molecule has 7 nitrogen and oxygen atoms in total. The van der Waals surface area contributed by atoms with E-state index >= 15 is 0 Å². The maximum Gasteiger partial charge on any atom is 0.269 e. The SMILES string of the molecule is O=S(=O)(c1ccccc1)n1cc(-c2cn[nH]c2)c2cc([C@H]3CC[C@@H](N4CCCCC4)CC3)cnc21. The topological polar surface area (TPSA) is 83.9 Å². The Kier molecular flexibility index (Phi) is 5.94. The molecule has 0 unspecified atom stereocenters. The molecule has 35 heavy (non-hydrogen) atoms. The number of aromatic nitrogens is 4. The number of pyridine rings is 1. The van der Waals surface area contributed by atoms with Gasteiger partial charge < -0.3 is 4.90 Å². The lowest BCUT2D eigenvalue weighted by Gasteiger charge is -2.39. The second-order valence-corrected chi connectivity index (χ2v) is 11.7. The van der Waals surface area contributed by atoms with Crippen molar-refractivity contribution in [2.75, 3.05) is 13.1 Å². The Hall–Kier alpha value is -2.97. The molecule has 1 aliphatic heterocycles. The van der Waals surface area contributed by atoms with Crippen molar-refractivity contribution in [1.82, 2.24) is 24.1 Å². The van der Waals surface area contributed by atoms with Gasteiger partial charge in [-0.3, -0.25) is 5.10 Å². The van der Waals surface area contributed by atoms with Crippen LogP contribution in [0.2, 0.25) is 0 Å². The lowest BCUT2D eigenvalue weighted by molar-refractivity contribution is 0.125. The van der Waals surface area contributed by atoms with Gasteiger partial charge in [-0.1, -0.05) is 24.6 Å². The van der Waals surface area contributed by atoms with E-state index in [0.29, 0.717) is 17.6 Å². The molecule has 4 aromatic rings. The van der Waals surface area contributed by atoms with Gasteiger partial charge in [0.25, 0.3) is 10.0 Å². The Morgan fingerprint density at radius 2 is 1.71 bits per heavy atom. The van der Waals surface area contributed by atoms with Crippen LogP contribution in [0.5, 0.6) is 0 Å². The first kappa shape index (κ1) is 22.5. The van der Waals surface area contributed by atoms with Crippen molar-refractivity contribution in [2.45, 2.75) is 61.8 Å². The van der Waals surface area contributed by atoms with E-state index in [2.05, 4.69) is 21.2 Å². The summed E-state index contributed by atoms with van der Waals surface area (Å²) in [5.74, 6) is 0.458. The number of benzene rings is 1. The van der Waals surface area contributed by atoms with Crippen molar-refractivity contribution in [3.8, 4) is 11.1 Å². The maximum atomic E-state index is 13.5. The summed E-state index contributed by atoms with van der Waals surface area (Å²) in [6.45, 7) is 2.50. The number of nitrogens with one attached hydrogen (secondary N) is 1. The Bertz CT molecular complexity index is 1400. The van der Waals surface area contributed by atoms with Crippen LogP contribution in [0.4, 0.5) is 0 Å². The summed E-state index contributed by atoms with van der Waals surface area (Å²) >= 11 is 0. The molecule has 182 valence electrons. The number of aromatic amines is 1. The fraction of sp³-hybridized carbons (Fsp3) is 0.407. The zero-order chi connectivity index (χ0) is 23.8. The van der Waals surface area contributed by atoms with E-state index in [9.17, 15) is 8.42 Å². The van der Waals surface area contributed by atoms with Crippen LogP contribution in [0.25, 0.3) is 22.2 Å². The van der Waals surface area contributed by atoms with Crippen molar-refractivity contribution < 1.29 is 8.42 Å². The lowest BCUT2D eigenvalue weighted by Crippen LogP contribution is -2.41. The molecule has 8 heteroatoms. The summed E-state index contributed by atoms with van der Waals surface area (Å²) in [5, 5.41) is 7.79. The van der Waals surface area contributed by atoms with Crippen LogP contribution in [0, 0.1) is 0 Å². The van der Waals surface area contributed by atoms with Crippen LogP contribution in [-0.4, -0.2) is 51.6 Å². The Balaban J connectivity index is 1.35. The standard InChI is InChI=1S/C27H31N5O2S/c33-35(34,24-7-3-1-4-8-24)32-19-26(22-17-29-30-18-22)25-15-21(16-28-27(25)32)20-9-11-23(12-10-20)31-13-5-2-6-14-31/h1,3-4,7-8,15-20,23H,2,5-6,9-14H2,(H,29,30)/t20-,23+. The second-order valence-electron chi connectivity index (χ2n) is 9.89. The smallest absolute Gasteiger partial charge is 0.269 e. The van der Waals surface area contributed by atoms with Crippen LogP contribution in [-0.2, 0) is 10.0 Å². The maximum absolute atomic E-state index is 13.5. The molecule has 1 saturated heterocycles. The predicted octanol–water partition coefficient (Wildman–Crippen LogP) is 5.18. The van der Waals surface area contributed by atoms with Crippen LogP contribution < -0.4 is 0 Å². The van der Waals surface area contributed by atoms with Gasteiger partial charge in [-0.2, -0.15) is 5.10 Å². The molecule has 4 heterocycles. The van der Waals surface area contributed by atoms with Gasteiger partial charge in [0.15, 0.2) is 5.65 Å². The number of likely N-dealkylation sites (tertiary alicyclic amines) is 1. The summed E-state index contributed by atoms with van der Waals surface area (Å²) in [7, 11) is -3.78. The predicted molar refractivity (Wildman–Crippen MR) is 137 cm³/mol. The minimum Gasteiger partial charge on any atom is -0.300 e. The van der Waals surface area contributed by atoms with Gasteiger partial charge in [0.2, 0.25) is 0 Å². The number of rotatable bonds is 5. The minimum atomic E-state index is -3.78. The first-order valence-electron chi connectivity index (χ1n) is 12.7. The first-order chi connectivity index (χ1) is 17.1. The van der Waals surface area contributed by atoms with Crippen molar-refractivity contribution in [1.29, 1.82) is 0 Å². The van der Waals surface area contributed by atoms with Crippen molar-refractivity contribution in [2.24, 2.45) is 0 Å². The molecule has 1 saturated carbocycles. The number of H-pyrrole nitrogens is 1. The fourth-order valence-corrected chi connectivity index (χ4v) is 7.24. The Morgan fingerprint density at radius 3 is 2.43 bits per heavy atom. The summed E-state index contributed by atoms with van der Waals surface area (Å²) in [4.78, 5) is 7.68. The average Bonchev–Trinajstić information content (AvgIpc) is 3.58. The van der Waals surface area contributed by atoms with Gasteiger partial charge in [0, 0.05) is 41.1 Å². The van der Waals surface area contributed by atoms with Gasteiger partial charge in [0.05, 0.1) is 11.1 Å². The highest BCUT2D eigenvalue weighted by Crippen LogP contribution is 2.38. The molecule has 0 atom stereocenters. The molecule has 0 radical (unpaired) electrons. The highest BCUT2D eigenvalue weighted by Gasteiger charge is 2.29. The monoisotopic (exact) mass is 489 g/mol. The molecule has 0 spiro atoms. The van der Waals surface area contributed by atoms with Crippen LogP contribution in [0.15, 0.2) is 66.1 Å². The molecule has 1 aromatic carbocycles. The molecule has 3 aromatic heterocycles. The molecular weight excluding hydrogens is 458 g/mol. The molecule has 2 aliphatic rings. The van der Waals surface area contributed by atoms with E-state index in [4.69, 9.17) is 4.98 Å². The fourth-order valence-electron chi connectivity index (χ4n) is 5.89. The van der Waals surface area contributed by atoms with Gasteiger partial charge in [-0.05, 0) is 81.3 Å². The van der Waals surface area contributed by atoms with Gasteiger partial charge in [-0.25, -0.2) is 17.4 Å². The summed E-state index contributed by atoms with van der Waals surface area (Å²) in [6, 6.07) is 11.4. The molecule has 0 bridgehead atoms. The van der Waals surface area contributed by atoms with Crippen molar-refractivity contribution in [3.05, 3.63) is 66.7 Å². The van der Waals surface area contributed by atoms with E-state index in [-0.39, 0.29) is 4.90 Å². The summed E-state index contributed by atoms with van der Waals surface area (Å²) < 4.78 is 28.3. The molecule has 2 fully saturated rings. The zero-order valence-corrected chi connectivity index (χ0v) is 20.6. The molecule has 1 N–H and O–H groups in total. The normalized spacial score (nSPS) is 21.9. The third kappa shape index (κ3) is 4.19. The highest BCUT2D eigenvalue weighted by atomic mass is 32.2. The largest absolute Gasteiger partial charge is 0.300 e. The lowest BCUT2D eigenvalue weighted by atomic mass is 9.81. The van der Waals surface area contributed by atoms with E-state index in [1.54, 1.807) is 42.9 Å². The number of nitrogens with zero attached hydrogens (tertiary/aromatic N) is 4. The van der Waals surface area contributed by atoms with E-state index in [0.717, 1.165) is 29.4 Å². The highest BCUT2D eigenvalue weighted by molar-refractivity contribution is 7.90. The number of hydrogen-bond donors (Lipinski definition) is 1. The van der Waals surface area contributed by atoms with E-state index in [1.165, 1.54) is 54.7 Å². The zero-order valence-electron chi connectivity index (χ0n) is 19.8. The number of hydrogen-bond acceptors (Lipinski definition) is 5. The van der Waals surface area contributed by atoms with Gasteiger partial charge >= 0.3 is 0 Å². The van der Waals surface area contributed by atoms with E-state index in [1.807, 2.05) is 12.3 Å². The van der Waals surface area contributed by atoms with Crippen LogP contribution in [0.3, 0.4) is 0 Å². The summed E-state index contributed by atoms with van der Waals surface area (Å²) in [5.41, 5.74) is 3.33. The quantitative estimate of drug-likeness (QED) is 0.418. The van der Waals surface area contributed by atoms with Crippen molar-refractivity contribution >= 4 is 21.1 Å². The molecule has 0 amide bonds.